The SMILES string of the molecule is N=CNCCSCc1cnccc1SC1=C(C(=O)O)N2C(=O)[C@@H](NC(=O)/C(=N\O)c3nc(N)sc3Cl)[C@@H]2SC1. The van der Waals surface area contributed by atoms with Gasteiger partial charge in [-0.05, 0) is 11.6 Å². The Hall–Kier alpha value is -2.99. The second kappa shape index (κ2) is 12.9. The number of aromatic nitrogens is 2. The van der Waals surface area contributed by atoms with E-state index in [9.17, 15) is 24.7 Å². The van der Waals surface area contributed by atoms with Crippen molar-refractivity contribution < 1.29 is 24.7 Å². The van der Waals surface area contributed by atoms with Crippen molar-refractivity contribution in [2.24, 2.45) is 5.16 Å². The van der Waals surface area contributed by atoms with E-state index in [1.807, 2.05) is 0 Å². The predicted molar refractivity (Wildman–Crippen MR) is 153 cm³/mol. The molecular weight excluding hydrogens is 608 g/mol. The molecule has 0 unspecified atom stereocenters. The number of carbonyl (C=O) groups excluding carboxylic acids is 2. The first-order chi connectivity index (χ1) is 18.8. The molecule has 2 aromatic heterocycles. The number of carboxylic acid groups (broad SMARTS) is 1. The maximum absolute atomic E-state index is 13.1. The third kappa shape index (κ3) is 6.27. The molecule has 2 amide bonds. The molecule has 13 nitrogen and oxygen atoms in total. The number of nitrogens with zero attached hydrogens (tertiary/aromatic N) is 4. The number of nitrogens with one attached hydrogen (secondary N) is 3. The van der Waals surface area contributed by atoms with Gasteiger partial charge in [0.2, 0.25) is 0 Å². The van der Waals surface area contributed by atoms with Crippen LogP contribution >= 0.6 is 58.2 Å². The fourth-order valence-corrected chi connectivity index (χ4v) is 8.13. The highest BCUT2D eigenvalue weighted by molar-refractivity contribution is 8.06. The highest BCUT2D eigenvalue weighted by Crippen LogP contribution is 2.46. The molecule has 206 valence electrons. The van der Waals surface area contributed by atoms with E-state index in [0.29, 0.717) is 23.0 Å². The average molecular weight is 629 g/mol. The van der Waals surface area contributed by atoms with Crippen LogP contribution in [0.1, 0.15) is 11.3 Å². The van der Waals surface area contributed by atoms with Gasteiger partial charge in [0.1, 0.15) is 27.1 Å². The van der Waals surface area contributed by atoms with Gasteiger partial charge in [0.25, 0.3) is 11.8 Å². The van der Waals surface area contributed by atoms with Gasteiger partial charge in [0, 0.05) is 46.0 Å². The first kappa shape index (κ1) is 29.0. The summed E-state index contributed by atoms with van der Waals surface area (Å²) in [5.74, 6) is -1.07. The minimum atomic E-state index is -1.26. The molecule has 4 heterocycles. The number of thiazole rings is 1. The monoisotopic (exact) mass is 628 g/mol. The summed E-state index contributed by atoms with van der Waals surface area (Å²) in [4.78, 5) is 48.6. The Kier molecular flexibility index (Phi) is 9.60. The number of hydrogen-bond acceptors (Lipinski definition) is 13. The number of aliphatic carboxylic acids is 1. The summed E-state index contributed by atoms with van der Waals surface area (Å²) in [6.45, 7) is 0.647. The lowest BCUT2D eigenvalue weighted by Crippen LogP contribution is -2.71. The van der Waals surface area contributed by atoms with Crippen molar-refractivity contribution in [3.8, 4) is 0 Å². The summed E-state index contributed by atoms with van der Waals surface area (Å²) in [7, 11) is 0. The van der Waals surface area contributed by atoms with Gasteiger partial charge in [-0.15, -0.1) is 11.8 Å². The highest BCUT2D eigenvalue weighted by Gasteiger charge is 2.54. The Labute approximate surface area is 243 Å². The van der Waals surface area contributed by atoms with Crippen LogP contribution in [0.25, 0.3) is 0 Å². The van der Waals surface area contributed by atoms with E-state index in [2.05, 4.69) is 25.8 Å². The summed E-state index contributed by atoms with van der Waals surface area (Å²) >= 11 is 11.1. The molecule has 0 spiro atoms. The van der Waals surface area contributed by atoms with Crippen LogP contribution in [0.3, 0.4) is 0 Å². The van der Waals surface area contributed by atoms with Gasteiger partial charge in [0.05, 0.1) is 6.34 Å². The fourth-order valence-electron chi connectivity index (χ4n) is 3.68. The number of thioether (sulfide) groups is 3. The Morgan fingerprint density at radius 1 is 1.44 bits per heavy atom. The van der Waals surface area contributed by atoms with Crippen molar-refractivity contribution in [1.82, 2.24) is 25.5 Å². The van der Waals surface area contributed by atoms with E-state index >= 15 is 0 Å². The molecule has 0 bridgehead atoms. The molecule has 0 aliphatic carbocycles. The van der Waals surface area contributed by atoms with Crippen LogP contribution in [0, 0.1) is 5.41 Å². The highest BCUT2D eigenvalue weighted by atomic mass is 35.5. The second-order valence-electron chi connectivity index (χ2n) is 7.80. The number of anilines is 1. The van der Waals surface area contributed by atoms with Gasteiger partial charge >= 0.3 is 5.97 Å². The number of carboxylic acids is 1. The molecule has 39 heavy (non-hydrogen) atoms. The number of nitrogen functional groups attached to an aromatic ring is 1. The summed E-state index contributed by atoms with van der Waals surface area (Å²) in [6, 6.07) is 0.754. The van der Waals surface area contributed by atoms with Gasteiger partial charge in [-0.3, -0.25) is 24.9 Å². The number of β-lactam (4-membered cyclic amide) rings is 1. The topological polar surface area (TPSA) is 207 Å². The van der Waals surface area contributed by atoms with Crippen molar-refractivity contribution in [3.63, 3.8) is 0 Å². The van der Waals surface area contributed by atoms with Gasteiger partial charge < -0.3 is 26.7 Å². The molecule has 2 aromatic rings. The molecule has 0 saturated carbocycles. The Morgan fingerprint density at radius 3 is 2.90 bits per heavy atom. The number of halogens is 1. The van der Waals surface area contributed by atoms with Crippen LogP contribution in [0.4, 0.5) is 5.13 Å². The standard InChI is InChI=1S/C21H21ClN8O5S4/c22-16-12(28-21(24)39-16)13(29-35)17(31)27-14-18(32)30-15(20(33)34)11(7-37-19(14)30)38-10-1-2-25-5-9(10)6-36-4-3-26-8-23/h1-2,5,8,14,19,35H,3-4,6-7H2,(H2,23,26)(H2,24,28)(H,27,31)(H,33,34)/b29-13-/t14-,19+/m1/s1. The summed E-state index contributed by atoms with van der Waals surface area (Å²) in [6.07, 6.45) is 4.48. The zero-order chi connectivity index (χ0) is 28.1. The largest absolute Gasteiger partial charge is 0.477 e. The summed E-state index contributed by atoms with van der Waals surface area (Å²) < 4.78 is 0.0405. The molecule has 1 saturated heterocycles. The number of amides is 2. The molecule has 2 aliphatic heterocycles. The van der Waals surface area contributed by atoms with Gasteiger partial charge in [0.15, 0.2) is 10.8 Å². The van der Waals surface area contributed by atoms with Gasteiger partial charge in [-0.1, -0.05) is 39.9 Å². The van der Waals surface area contributed by atoms with E-state index in [1.54, 1.807) is 30.2 Å². The smallest absolute Gasteiger partial charge is 0.353 e. The van der Waals surface area contributed by atoms with E-state index in [1.165, 1.54) is 23.5 Å². The average Bonchev–Trinajstić information content (AvgIpc) is 3.25. The number of hydrogen-bond donors (Lipinski definition) is 6. The first-order valence-electron chi connectivity index (χ1n) is 11.0. The number of nitrogens with two attached hydrogens (primary N) is 1. The quantitative estimate of drug-likeness (QED) is 0.0497. The lowest BCUT2D eigenvalue weighted by molar-refractivity contribution is -0.150. The van der Waals surface area contributed by atoms with Crippen LogP contribution in [-0.4, -0.2) is 84.5 Å². The van der Waals surface area contributed by atoms with E-state index < -0.39 is 34.9 Å². The molecule has 1 fully saturated rings. The number of pyridine rings is 1. The Morgan fingerprint density at radius 2 is 2.23 bits per heavy atom. The van der Waals surface area contributed by atoms with Crippen LogP contribution < -0.4 is 16.4 Å². The molecule has 2 aliphatic rings. The maximum atomic E-state index is 13.1. The Bertz CT molecular complexity index is 1370. The zero-order valence-corrected chi connectivity index (χ0v) is 23.8. The number of oxime groups is 1. The summed E-state index contributed by atoms with van der Waals surface area (Å²) in [5, 5.41) is 34.1. The number of fused-ring (bicyclic) bond motifs is 1. The van der Waals surface area contributed by atoms with E-state index in [0.717, 1.165) is 38.8 Å². The minimum absolute atomic E-state index is 0.0405. The maximum Gasteiger partial charge on any atom is 0.353 e. The van der Waals surface area contributed by atoms with Crippen molar-refractivity contribution in [2.75, 3.05) is 23.8 Å². The number of carbonyl (C=O) groups is 3. The Balaban J connectivity index is 1.48. The van der Waals surface area contributed by atoms with Crippen LogP contribution in [0.2, 0.25) is 4.34 Å². The van der Waals surface area contributed by atoms with Gasteiger partial charge in [-0.25, -0.2) is 9.78 Å². The lowest BCUT2D eigenvalue weighted by atomic mass is 10.0. The van der Waals surface area contributed by atoms with Gasteiger partial charge in [-0.2, -0.15) is 11.8 Å². The second-order valence-corrected chi connectivity index (χ2v) is 12.8. The predicted octanol–water partition coefficient (Wildman–Crippen LogP) is 1.87. The summed E-state index contributed by atoms with van der Waals surface area (Å²) in [5.41, 5.74) is 5.74. The fraction of sp³-hybridized carbons (Fsp3) is 0.286. The molecule has 0 aromatic carbocycles. The third-order valence-corrected chi connectivity index (χ3v) is 10.2. The minimum Gasteiger partial charge on any atom is -0.477 e. The van der Waals surface area contributed by atoms with Crippen LogP contribution in [0.5, 0.6) is 0 Å². The molecular formula is C21H21ClN8O5S4. The van der Waals surface area contributed by atoms with E-state index in [4.69, 9.17) is 22.7 Å². The van der Waals surface area contributed by atoms with Crippen LogP contribution in [-0.2, 0) is 20.1 Å². The van der Waals surface area contributed by atoms with Crippen LogP contribution in [0.15, 0.2) is 39.1 Å². The van der Waals surface area contributed by atoms with Crippen molar-refractivity contribution in [1.29, 1.82) is 5.41 Å². The molecule has 18 heteroatoms. The van der Waals surface area contributed by atoms with Crippen molar-refractivity contribution >= 4 is 93.2 Å². The number of rotatable bonds is 12. The van der Waals surface area contributed by atoms with E-state index in [-0.39, 0.29) is 20.9 Å². The molecule has 2 atom stereocenters. The zero-order valence-electron chi connectivity index (χ0n) is 19.8. The lowest BCUT2D eigenvalue weighted by Gasteiger charge is -2.49. The first-order valence-corrected chi connectivity index (χ1v) is 15.2. The van der Waals surface area contributed by atoms with Crippen molar-refractivity contribution in [3.05, 3.63) is 44.7 Å². The molecule has 0 radical (unpaired) electrons. The van der Waals surface area contributed by atoms with Crippen molar-refractivity contribution in [2.45, 2.75) is 22.1 Å². The normalized spacial score (nSPS) is 18.8. The molecule has 4 rings (SSSR count). The molecule has 7 N–H and O–H groups in total. The third-order valence-electron chi connectivity index (χ3n) is 5.41.